The number of carbonyl (C=O) groups excluding carboxylic acids is 1. The van der Waals surface area contributed by atoms with Gasteiger partial charge in [0.05, 0.1) is 17.4 Å². The van der Waals surface area contributed by atoms with Crippen molar-refractivity contribution in [1.82, 2.24) is 15.1 Å². The van der Waals surface area contributed by atoms with Crippen LogP contribution in [0, 0.1) is 12.8 Å². The molecule has 0 spiro atoms. The maximum absolute atomic E-state index is 12.4. The summed E-state index contributed by atoms with van der Waals surface area (Å²) < 4.78 is 1.73. The van der Waals surface area contributed by atoms with Gasteiger partial charge < -0.3 is 10.6 Å². The number of hydrogen-bond acceptors (Lipinski definition) is 3. The summed E-state index contributed by atoms with van der Waals surface area (Å²) in [7, 11) is 1.87. The quantitative estimate of drug-likeness (QED) is 0.868. The number of carbonyl (C=O) groups is 1. The van der Waals surface area contributed by atoms with E-state index in [-0.39, 0.29) is 11.9 Å². The predicted octanol–water partition coefficient (Wildman–Crippen LogP) is 1.98. The smallest absolute Gasteiger partial charge is 0.241 e. The van der Waals surface area contributed by atoms with Gasteiger partial charge in [0.25, 0.3) is 0 Å². The average Bonchev–Trinajstić information content (AvgIpc) is 2.76. The molecule has 1 aliphatic heterocycles. The highest BCUT2D eigenvalue weighted by Crippen LogP contribution is 2.32. The largest absolute Gasteiger partial charge is 0.322 e. The summed E-state index contributed by atoms with van der Waals surface area (Å²) in [5, 5.41) is 10.8. The molecule has 0 aromatic carbocycles. The van der Waals surface area contributed by atoms with E-state index in [1.165, 1.54) is 32.1 Å². The Morgan fingerprint density at radius 2 is 2.15 bits per heavy atom. The number of aryl methyl sites for hydroxylation is 2. The van der Waals surface area contributed by atoms with Crippen LogP contribution in [0.25, 0.3) is 0 Å². The van der Waals surface area contributed by atoms with E-state index in [2.05, 4.69) is 15.7 Å². The fraction of sp³-hybridized carbons (Fsp3) is 0.733. The van der Waals surface area contributed by atoms with Gasteiger partial charge in [-0.05, 0) is 38.5 Å². The van der Waals surface area contributed by atoms with Gasteiger partial charge in [-0.2, -0.15) is 5.10 Å². The lowest BCUT2D eigenvalue weighted by Gasteiger charge is -2.39. The summed E-state index contributed by atoms with van der Waals surface area (Å²) in [6, 6.07) is 0.497. The van der Waals surface area contributed by atoms with Gasteiger partial charge in [-0.15, -0.1) is 0 Å². The third-order valence-corrected chi connectivity index (χ3v) is 4.74. The van der Waals surface area contributed by atoms with E-state index < -0.39 is 0 Å². The zero-order valence-corrected chi connectivity index (χ0v) is 12.4. The highest BCUT2D eigenvalue weighted by Gasteiger charge is 2.34. The van der Waals surface area contributed by atoms with Crippen LogP contribution in [-0.4, -0.2) is 27.8 Å². The Morgan fingerprint density at radius 3 is 2.90 bits per heavy atom. The number of hydrogen-bond donors (Lipinski definition) is 2. The molecule has 5 nitrogen and oxygen atoms in total. The first-order chi connectivity index (χ1) is 9.63. The number of piperidine rings is 1. The zero-order valence-electron chi connectivity index (χ0n) is 12.4. The van der Waals surface area contributed by atoms with Crippen LogP contribution in [0.2, 0.25) is 0 Å². The molecule has 2 fully saturated rings. The molecule has 110 valence electrons. The van der Waals surface area contributed by atoms with Crippen LogP contribution in [0.3, 0.4) is 0 Å². The molecule has 1 aliphatic carbocycles. The minimum absolute atomic E-state index is 0.0473. The summed E-state index contributed by atoms with van der Waals surface area (Å²) in [4.78, 5) is 12.4. The number of aromatic nitrogens is 2. The van der Waals surface area contributed by atoms with E-state index in [1.54, 1.807) is 4.68 Å². The van der Waals surface area contributed by atoms with Crippen LogP contribution in [0.1, 0.15) is 44.2 Å². The highest BCUT2D eigenvalue weighted by molar-refractivity contribution is 5.95. The van der Waals surface area contributed by atoms with E-state index in [4.69, 9.17) is 0 Å². The standard InChI is InChI=1S/C15H24N4O/c1-10-14(9-19(2)18-10)17-15(20)13-8-7-11-5-3-4-6-12(11)16-13/h9,11-13,16H,3-8H2,1-2H3,(H,17,20). The number of fused-ring (bicyclic) bond motifs is 1. The molecule has 3 atom stereocenters. The van der Waals surface area contributed by atoms with Gasteiger partial charge in [-0.3, -0.25) is 9.48 Å². The number of nitrogens with zero attached hydrogens (tertiary/aromatic N) is 2. The maximum atomic E-state index is 12.4. The Morgan fingerprint density at radius 1 is 1.35 bits per heavy atom. The van der Waals surface area contributed by atoms with Crippen molar-refractivity contribution in [3.63, 3.8) is 0 Å². The molecule has 2 N–H and O–H groups in total. The van der Waals surface area contributed by atoms with E-state index in [0.717, 1.165) is 23.7 Å². The van der Waals surface area contributed by atoms with Gasteiger partial charge in [-0.25, -0.2) is 0 Å². The summed E-state index contributed by atoms with van der Waals surface area (Å²) in [6.07, 6.45) is 9.19. The molecule has 3 rings (SSSR count). The Kier molecular flexibility index (Phi) is 3.78. The van der Waals surface area contributed by atoms with Gasteiger partial charge >= 0.3 is 0 Å². The lowest BCUT2D eigenvalue weighted by atomic mass is 9.77. The minimum atomic E-state index is -0.0473. The lowest BCUT2D eigenvalue weighted by molar-refractivity contribution is -0.119. The summed E-state index contributed by atoms with van der Waals surface area (Å²) in [5.41, 5.74) is 1.69. The molecule has 1 saturated heterocycles. The highest BCUT2D eigenvalue weighted by atomic mass is 16.2. The molecule has 1 aromatic heterocycles. The molecule has 20 heavy (non-hydrogen) atoms. The fourth-order valence-electron chi connectivity index (χ4n) is 3.64. The van der Waals surface area contributed by atoms with Gasteiger partial charge in [-0.1, -0.05) is 12.8 Å². The summed E-state index contributed by atoms with van der Waals surface area (Å²) >= 11 is 0. The van der Waals surface area contributed by atoms with Crippen molar-refractivity contribution in [3.05, 3.63) is 11.9 Å². The molecule has 0 radical (unpaired) electrons. The lowest BCUT2D eigenvalue weighted by Crippen LogP contribution is -2.53. The first kappa shape index (κ1) is 13.6. The zero-order chi connectivity index (χ0) is 14.1. The van der Waals surface area contributed by atoms with Crippen molar-refractivity contribution >= 4 is 11.6 Å². The molecule has 1 aromatic rings. The second-order valence-corrected chi connectivity index (χ2v) is 6.24. The molecule has 0 bridgehead atoms. The Balaban J connectivity index is 1.61. The minimum Gasteiger partial charge on any atom is -0.322 e. The molecule has 5 heteroatoms. The topological polar surface area (TPSA) is 59.0 Å². The van der Waals surface area contributed by atoms with Gasteiger partial charge in [0.2, 0.25) is 5.91 Å². The van der Waals surface area contributed by atoms with Gasteiger partial charge in [0.15, 0.2) is 0 Å². The van der Waals surface area contributed by atoms with Crippen molar-refractivity contribution in [3.8, 4) is 0 Å². The van der Waals surface area contributed by atoms with E-state index in [1.807, 2.05) is 20.2 Å². The Bertz CT molecular complexity index is 496. The SMILES string of the molecule is Cc1nn(C)cc1NC(=O)C1CCC2CCCCC2N1. The third-order valence-electron chi connectivity index (χ3n) is 4.74. The summed E-state index contributed by atoms with van der Waals surface area (Å²) in [6.45, 7) is 1.92. The maximum Gasteiger partial charge on any atom is 0.241 e. The first-order valence-electron chi connectivity index (χ1n) is 7.70. The average molecular weight is 276 g/mol. The third kappa shape index (κ3) is 2.73. The molecular weight excluding hydrogens is 252 g/mol. The second-order valence-electron chi connectivity index (χ2n) is 6.24. The van der Waals surface area contributed by atoms with Crippen LogP contribution in [0.5, 0.6) is 0 Å². The monoisotopic (exact) mass is 276 g/mol. The predicted molar refractivity (Wildman–Crippen MR) is 78.5 cm³/mol. The van der Waals surface area contributed by atoms with E-state index in [0.29, 0.717) is 6.04 Å². The second kappa shape index (κ2) is 5.56. The fourth-order valence-corrected chi connectivity index (χ4v) is 3.64. The van der Waals surface area contributed by atoms with Crippen LogP contribution >= 0.6 is 0 Å². The number of rotatable bonds is 2. The van der Waals surface area contributed by atoms with Gasteiger partial charge in [0.1, 0.15) is 0 Å². The Hall–Kier alpha value is -1.36. The first-order valence-corrected chi connectivity index (χ1v) is 7.70. The van der Waals surface area contributed by atoms with Crippen LogP contribution in [0.4, 0.5) is 5.69 Å². The molecular formula is C15H24N4O. The molecule has 2 heterocycles. The van der Waals surface area contributed by atoms with E-state index >= 15 is 0 Å². The summed E-state index contributed by atoms with van der Waals surface area (Å²) in [5.74, 6) is 0.873. The molecule has 3 unspecified atom stereocenters. The van der Waals surface area contributed by atoms with Crippen molar-refractivity contribution in [2.75, 3.05) is 5.32 Å². The number of anilines is 1. The van der Waals surface area contributed by atoms with Crippen molar-refractivity contribution in [2.45, 2.75) is 57.5 Å². The van der Waals surface area contributed by atoms with Crippen molar-refractivity contribution < 1.29 is 4.79 Å². The van der Waals surface area contributed by atoms with Gasteiger partial charge in [0, 0.05) is 19.3 Å². The Labute approximate surface area is 120 Å². The normalized spacial score (nSPS) is 29.8. The molecule has 1 saturated carbocycles. The number of nitrogens with one attached hydrogen (secondary N) is 2. The van der Waals surface area contributed by atoms with Crippen molar-refractivity contribution in [2.24, 2.45) is 13.0 Å². The number of amides is 1. The molecule has 1 amide bonds. The van der Waals surface area contributed by atoms with Crippen LogP contribution in [-0.2, 0) is 11.8 Å². The van der Waals surface area contributed by atoms with Crippen molar-refractivity contribution in [1.29, 1.82) is 0 Å². The van der Waals surface area contributed by atoms with Crippen LogP contribution in [0.15, 0.2) is 6.20 Å². The van der Waals surface area contributed by atoms with E-state index in [9.17, 15) is 4.79 Å². The van der Waals surface area contributed by atoms with Crippen LogP contribution < -0.4 is 10.6 Å². The molecule has 2 aliphatic rings.